The van der Waals surface area contributed by atoms with E-state index in [2.05, 4.69) is 10.3 Å². The summed E-state index contributed by atoms with van der Waals surface area (Å²) in [6, 6.07) is 5.45. The third-order valence-corrected chi connectivity index (χ3v) is 3.12. The van der Waals surface area contributed by atoms with Gasteiger partial charge < -0.3 is 14.6 Å². The first-order valence-electron chi connectivity index (χ1n) is 6.18. The summed E-state index contributed by atoms with van der Waals surface area (Å²) in [6.45, 7) is 1.28. The molecule has 0 amide bonds. The molecule has 1 aromatic heterocycles. The molecule has 0 aliphatic carbocycles. The Morgan fingerprint density at radius 3 is 2.79 bits per heavy atom. The zero-order valence-corrected chi connectivity index (χ0v) is 10.6. The third-order valence-electron chi connectivity index (χ3n) is 3.12. The molecular formula is C13H15N3O3. The Hall–Kier alpha value is -2.08. The van der Waals surface area contributed by atoms with Crippen molar-refractivity contribution in [1.29, 1.82) is 0 Å². The van der Waals surface area contributed by atoms with Crippen LogP contribution in [0.25, 0.3) is 0 Å². The molecule has 2 aromatic rings. The van der Waals surface area contributed by atoms with Gasteiger partial charge in [-0.2, -0.15) is 0 Å². The minimum Gasteiger partial charge on any atom is -0.490 e. The van der Waals surface area contributed by atoms with Crippen LogP contribution in [-0.4, -0.2) is 33.3 Å². The van der Waals surface area contributed by atoms with Gasteiger partial charge in [0.1, 0.15) is 6.10 Å². The highest BCUT2D eigenvalue weighted by Crippen LogP contribution is 2.33. The van der Waals surface area contributed by atoms with E-state index in [-0.39, 0.29) is 0 Å². The third kappa shape index (κ3) is 2.26. The number of hydrogen-bond acceptors (Lipinski definition) is 5. The number of fused-ring (bicyclic) bond motifs is 1. The summed E-state index contributed by atoms with van der Waals surface area (Å²) in [7, 11) is 1.74. The maximum absolute atomic E-state index is 10.3. The lowest BCUT2D eigenvalue weighted by atomic mass is 10.1. The van der Waals surface area contributed by atoms with Crippen molar-refractivity contribution >= 4 is 0 Å². The van der Waals surface area contributed by atoms with Gasteiger partial charge in [0.05, 0.1) is 25.1 Å². The van der Waals surface area contributed by atoms with Gasteiger partial charge in [0.15, 0.2) is 11.5 Å². The van der Waals surface area contributed by atoms with Crippen LogP contribution in [0.3, 0.4) is 0 Å². The van der Waals surface area contributed by atoms with Crippen molar-refractivity contribution in [2.75, 3.05) is 13.2 Å². The number of nitrogens with zero attached hydrogens (tertiary/aromatic N) is 3. The zero-order valence-electron chi connectivity index (χ0n) is 10.6. The van der Waals surface area contributed by atoms with Crippen LogP contribution in [0.5, 0.6) is 11.5 Å². The van der Waals surface area contributed by atoms with Crippen LogP contribution in [0, 0.1) is 0 Å². The maximum atomic E-state index is 10.3. The van der Waals surface area contributed by atoms with E-state index < -0.39 is 6.10 Å². The number of aliphatic hydroxyl groups excluding tert-OH is 1. The van der Waals surface area contributed by atoms with Crippen LogP contribution in [-0.2, 0) is 7.05 Å². The Morgan fingerprint density at radius 1 is 1.26 bits per heavy atom. The van der Waals surface area contributed by atoms with Crippen LogP contribution in [0.1, 0.15) is 23.8 Å². The van der Waals surface area contributed by atoms with E-state index in [1.807, 2.05) is 12.1 Å². The number of ether oxygens (including phenoxy) is 2. The summed E-state index contributed by atoms with van der Waals surface area (Å²) in [6.07, 6.45) is 1.63. The fourth-order valence-electron chi connectivity index (χ4n) is 2.07. The molecule has 0 bridgehead atoms. The molecule has 6 heteroatoms. The quantitative estimate of drug-likeness (QED) is 0.875. The molecule has 1 aromatic carbocycles. The monoisotopic (exact) mass is 261 g/mol. The van der Waals surface area contributed by atoms with Crippen molar-refractivity contribution in [1.82, 2.24) is 15.0 Å². The molecule has 0 saturated heterocycles. The molecule has 3 rings (SSSR count). The van der Waals surface area contributed by atoms with Gasteiger partial charge in [0.2, 0.25) is 0 Å². The second-order valence-corrected chi connectivity index (χ2v) is 4.44. The molecule has 1 aliphatic heterocycles. The standard InChI is InChI=1S/C13H15N3O3/c1-16-10(8-14-15-16)13(17)9-3-4-11-12(7-9)19-6-2-5-18-11/h3-4,7-8,13,17H,2,5-6H2,1H3. The largest absolute Gasteiger partial charge is 0.490 e. The zero-order chi connectivity index (χ0) is 13.2. The van der Waals surface area contributed by atoms with Crippen molar-refractivity contribution in [2.45, 2.75) is 12.5 Å². The number of rotatable bonds is 2. The maximum Gasteiger partial charge on any atom is 0.161 e. The normalized spacial score (nSPS) is 15.9. The molecule has 2 heterocycles. The fraction of sp³-hybridized carbons (Fsp3) is 0.385. The fourth-order valence-corrected chi connectivity index (χ4v) is 2.07. The molecule has 19 heavy (non-hydrogen) atoms. The van der Waals surface area contributed by atoms with Crippen molar-refractivity contribution < 1.29 is 14.6 Å². The van der Waals surface area contributed by atoms with Crippen molar-refractivity contribution in [3.8, 4) is 11.5 Å². The Kier molecular flexibility index (Phi) is 3.08. The van der Waals surface area contributed by atoms with E-state index in [0.717, 1.165) is 17.7 Å². The lowest BCUT2D eigenvalue weighted by Gasteiger charge is -2.13. The number of aliphatic hydroxyl groups is 1. The SMILES string of the molecule is Cn1nncc1C(O)c1ccc2c(c1)OCCCO2. The summed E-state index contributed by atoms with van der Waals surface area (Å²) in [5, 5.41) is 17.9. The molecule has 0 radical (unpaired) electrons. The Morgan fingerprint density at radius 2 is 2.05 bits per heavy atom. The predicted molar refractivity (Wildman–Crippen MR) is 67.1 cm³/mol. The van der Waals surface area contributed by atoms with Crippen molar-refractivity contribution in [2.24, 2.45) is 7.05 Å². The van der Waals surface area contributed by atoms with Gasteiger partial charge >= 0.3 is 0 Å². The average molecular weight is 261 g/mol. The summed E-state index contributed by atoms with van der Waals surface area (Å²) >= 11 is 0. The summed E-state index contributed by atoms with van der Waals surface area (Å²) < 4.78 is 12.7. The topological polar surface area (TPSA) is 69.4 Å². The van der Waals surface area contributed by atoms with E-state index in [4.69, 9.17) is 9.47 Å². The van der Waals surface area contributed by atoms with Gasteiger partial charge in [-0.25, -0.2) is 4.68 Å². The van der Waals surface area contributed by atoms with E-state index in [1.165, 1.54) is 0 Å². The molecule has 6 nitrogen and oxygen atoms in total. The Bertz CT molecular complexity index is 582. The lowest BCUT2D eigenvalue weighted by molar-refractivity contribution is 0.209. The molecule has 1 unspecified atom stereocenters. The van der Waals surface area contributed by atoms with Crippen LogP contribution in [0.15, 0.2) is 24.4 Å². The minimum absolute atomic E-state index is 0.625. The molecule has 1 N–H and O–H groups in total. The van der Waals surface area contributed by atoms with Crippen molar-refractivity contribution in [3.05, 3.63) is 35.7 Å². The number of aromatic nitrogens is 3. The Balaban J connectivity index is 1.93. The highest BCUT2D eigenvalue weighted by molar-refractivity contribution is 5.45. The average Bonchev–Trinajstić information content (AvgIpc) is 2.72. The van der Waals surface area contributed by atoms with Crippen molar-refractivity contribution in [3.63, 3.8) is 0 Å². The first-order chi connectivity index (χ1) is 9.25. The highest BCUT2D eigenvalue weighted by Gasteiger charge is 2.18. The van der Waals surface area contributed by atoms with E-state index >= 15 is 0 Å². The van der Waals surface area contributed by atoms with Crippen LogP contribution in [0.2, 0.25) is 0 Å². The van der Waals surface area contributed by atoms with Gasteiger partial charge in [0.25, 0.3) is 0 Å². The first-order valence-corrected chi connectivity index (χ1v) is 6.18. The second-order valence-electron chi connectivity index (χ2n) is 4.44. The Labute approximate surface area is 110 Å². The van der Waals surface area contributed by atoms with E-state index in [0.29, 0.717) is 24.7 Å². The number of aryl methyl sites for hydroxylation is 1. The van der Waals surface area contributed by atoms with Crippen LogP contribution < -0.4 is 9.47 Å². The number of hydrogen-bond donors (Lipinski definition) is 1. The summed E-state index contributed by atoms with van der Waals surface area (Å²) in [5.74, 6) is 1.39. The summed E-state index contributed by atoms with van der Waals surface area (Å²) in [5.41, 5.74) is 1.36. The molecule has 1 atom stereocenters. The van der Waals surface area contributed by atoms with Gasteiger partial charge in [-0.15, -0.1) is 5.10 Å². The lowest BCUT2D eigenvalue weighted by Crippen LogP contribution is -2.07. The predicted octanol–water partition coefficient (Wildman–Crippen LogP) is 1.06. The smallest absolute Gasteiger partial charge is 0.161 e. The van der Waals surface area contributed by atoms with E-state index in [9.17, 15) is 5.11 Å². The van der Waals surface area contributed by atoms with Gasteiger partial charge in [0, 0.05) is 13.5 Å². The molecular weight excluding hydrogens is 246 g/mol. The second kappa shape index (κ2) is 4.89. The van der Waals surface area contributed by atoms with E-state index in [1.54, 1.807) is 24.0 Å². The minimum atomic E-state index is -0.780. The molecule has 0 fully saturated rings. The van der Waals surface area contributed by atoms with Gasteiger partial charge in [-0.05, 0) is 17.7 Å². The van der Waals surface area contributed by atoms with Gasteiger partial charge in [-0.1, -0.05) is 11.3 Å². The highest BCUT2D eigenvalue weighted by atomic mass is 16.5. The molecule has 0 spiro atoms. The summed E-state index contributed by atoms with van der Waals surface area (Å²) in [4.78, 5) is 0. The first kappa shape index (κ1) is 12.0. The molecule has 100 valence electrons. The number of benzene rings is 1. The van der Waals surface area contributed by atoms with Crippen LogP contribution >= 0.6 is 0 Å². The molecule has 0 saturated carbocycles. The van der Waals surface area contributed by atoms with Gasteiger partial charge in [-0.3, -0.25) is 0 Å². The molecule has 1 aliphatic rings. The van der Waals surface area contributed by atoms with Crippen LogP contribution in [0.4, 0.5) is 0 Å².